The standard InChI is InChI=1S/C14H13N3O4S/c18-13(12-5-2-6-21-12)16-14-15-11(8-22-14)9-3-1-4-10(7-9)17(19)20/h1,3-4,7-8,12H,2,5-6H2,(H,15,16,18)/t12-/m0/s1. The Balaban J connectivity index is 1.74. The van der Waals surface area contributed by atoms with Crippen molar-refractivity contribution in [3.63, 3.8) is 0 Å². The van der Waals surface area contributed by atoms with Crippen molar-refractivity contribution in [2.45, 2.75) is 18.9 Å². The van der Waals surface area contributed by atoms with E-state index < -0.39 is 11.0 Å². The van der Waals surface area contributed by atoms with Crippen LogP contribution in [0, 0.1) is 10.1 Å². The van der Waals surface area contributed by atoms with Gasteiger partial charge in [0.05, 0.1) is 10.6 Å². The molecule has 1 aliphatic heterocycles. The zero-order valence-electron chi connectivity index (χ0n) is 11.5. The number of hydrogen-bond acceptors (Lipinski definition) is 6. The normalized spacial score (nSPS) is 17.4. The third-order valence-corrected chi connectivity index (χ3v) is 4.07. The lowest BCUT2D eigenvalue weighted by Crippen LogP contribution is -2.26. The molecule has 0 spiro atoms. The predicted molar refractivity (Wildman–Crippen MR) is 81.8 cm³/mol. The Morgan fingerprint density at radius 3 is 3.09 bits per heavy atom. The highest BCUT2D eigenvalue weighted by molar-refractivity contribution is 7.14. The molecule has 3 rings (SSSR count). The summed E-state index contributed by atoms with van der Waals surface area (Å²) in [6.45, 7) is 0.606. The van der Waals surface area contributed by atoms with Gasteiger partial charge in [0.25, 0.3) is 11.6 Å². The number of carbonyl (C=O) groups is 1. The van der Waals surface area contributed by atoms with Gasteiger partial charge in [-0.25, -0.2) is 4.98 Å². The number of nitro groups is 1. The summed E-state index contributed by atoms with van der Waals surface area (Å²) in [6.07, 6.45) is 1.19. The number of nitro benzene ring substituents is 1. The maximum Gasteiger partial charge on any atom is 0.270 e. The molecule has 0 bridgehead atoms. The van der Waals surface area contributed by atoms with Crippen LogP contribution in [0.15, 0.2) is 29.6 Å². The number of benzene rings is 1. The third-order valence-electron chi connectivity index (χ3n) is 3.31. The molecule has 1 aromatic carbocycles. The fraction of sp³-hybridized carbons (Fsp3) is 0.286. The molecule has 22 heavy (non-hydrogen) atoms. The van der Waals surface area contributed by atoms with Gasteiger partial charge in [0.15, 0.2) is 5.13 Å². The third kappa shape index (κ3) is 3.12. The van der Waals surface area contributed by atoms with E-state index in [4.69, 9.17) is 4.74 Å². The first kappa shape index (κ1) is 14.6. The first-order chi connectivity index (χ1) is 10.6. The van der Waals surface area contributed by atoms with Gasteiger partial charge >= 0.3 is 0 Å². The Labute approximate surface area is 130 Å². The number of non-ortho nitro benzene ring substituents is 1. The van der Waals surface area contributed by atoms with Crippen molar-refractivity contribution in [3.05, 3.63) is 39.8 Å². The molecule has 0 radical (unpaired) electrons. The number of thiazole rings is 1. The van der Waals surface area contributed by atoms with Gasteiger partial charge in [0, 0.05) is 29.7 Å². The van der Waals surface area contributed by atoms with Gasteiger partial charge in [-0.2, -0.15) is 0 Å². The Morgan fingerprint density at radius 1 is 1.50 bits per heavy atom. The van der Waals surface area contributed by atoms with Crippen LogP contribution in [0.2, 0.25) is 0 Å². The van der Waals surface area contributed by atoms with Crippen LogP contribution in [-0.4, -0.2) is 28.5 Å². The molecule has 1 amide bonds. The number of aromatic nitrogens is 1. The lowest BCUT2D eigenvalue weighted by molar-refractivity contribution is -0.384. The van der Waals surface area contributed by atoms with Gasteiger partial charge in [-0.3, -0.25) is 20.2 Å². The molecule has 2 aromatic rings. The fourth-order valence-corrected chi connectivity index (χ4v) is 2.94. The predicted octanol–water partition coefficient (Wildman–Crippen LogP) is 2.84. The van der Waals surface area contributed by atoms with Gasteiger partial charge < -0.3 is 4.74 Å². The first-order valence-corrected chi connectivity index (χ1v) is 7.64. The van der Waals surface area contributed by atoms with E-state index in [1.807, 2.05) is 0 Å². The van der Waals surface area contributed by atoms with E-state index in [1.165, 1.54) is 23.5 Å². The summed E-state index contributed by atoms with van der Waals surface area (Å²) in [4.78, 5) is 26.6. The smallest absolute Gasteiger partial charge is 0.270 e. The molecular weight excluding hydrogens is 306 g/mol. The number of ether oxygens (including phenoxy) is 1. The lowest BCUT2D eigenvalue weighted by Gasteiger charge is -2.07. The molecular formula is C14H13N3O4S. The highest BCUT2D eigenvalue weighted by Gasteiger charge is 2.24. The second-order valence-electron chi connectivity index (χ2n) is 4.84. The number of amides is 1. The van der Waals surface area contributed by atoms with E-state index in [9.17, 15) is 14.9 Å². The summed E-state index contributed by atoms with van der Waals surface area (Å²) in [5, 5.41) is 15.7. The van der Waals surface area contributed by atoms with Crippen LogP contribution >= 0.6 is 11.3 Å². The van der Waals surface area contributed by atoms with E-state index >= 15 is 0 Å². The molecule has 8 heteroatoms. The molecule has 114 valence electrons. The fourth-order valence-electron chi connectivity index (χ4n) is 2.21. The molecule has 1 N–H and O–H groups in total. The van der Waals surface area contributed by atoms with Crippen molar-refractivity contribution in [2.24, 2.45) is 0 Å². The molecule has 0 aliphatic carbocycles. The van der Waals surface area contributed by atoms with Crippen molar-refractivity contribution < 1.29 is 14.5 Å². The van der Waals surface area contributed by atoms with Gasteiger partial charge in [-0.1, -0.05) is 12.1 Å². The maximum atomic E-state index is 11.9. The second kappa shape index (κ2) is 6.20. The SMILES string of the molecule is O=C(Nc1nc(-c2cccc([N+](=O)[O-])c2)cs1)[C@@H]1CCCO1. The molecule has 0 saturated carbocycles. The van der Waals surface area contributed by atoms with Crippen LogP contribution in [-0.2, 0) is 9.53 Å². The number of nitrogens with zero attached hydrogens (tertiary/aromatic N) is 2. The molecule has 1 aromatic heterocycles. The zero-order chi connectivity index (χ0) is 15.5. The number of rotatable bonds is 4. The summed E-state index contributed by atoms with van der Waals surface area (Å²) in [5.74, 6) is -0.197. The average molecular weight is 319 g/mol. The van der Waals surface area contributed by atoms with Crippen LogP contribution in [0.1, 0.15) is 12.8 Å². The number of anilines is 1. The molecule has 0 unspecified atom stereocenters. The van der Waals surface area contributed by atoms with E-state index in [0.717, 1.165) is 12.8 Å². The second-order valence-corrected chi connectivity index (χ2v) is 5.69. The minimum absolute atomic E-state index is 0.00967. The summed E-state index contributed by atoms with van der Waals surface area (Å²) in [5.41, 5.74) is 1.25. The molecule has 7 nitrogen and oxygen atoms in total. The van der Waals surface area contributed by atoms with Gasteiger partial charge in [-0.05, 0) is 12.8 Å². The van der Waals surface area contributed by atoms with Crippen molar-refractivity contribution >= 4 is 28.1 Å². The first-order valence-electron chi connectivity index (χ1n) is 6.76. The van der Waals surface area contributed by atoms with E-state index in [-0.39, 0.29) is 11.6 Å². The highest BCUT2D eigenvalue weighted by atomic mass is 32.1. The summed E-state index contributed by atoms with van der Waals surface area (Å²) >= 11 is 1.28. The number of nitrogens with one attached hydrogen (secondary N) is 1. The minimum Gasteiger partial charge on any atom is -0.368 e. The molecule has 1 fully saturated rings. The quantitative estimate of drug-likeness (QED) is 0.690. The lowest BCUT2D eigenvalue weighted by atomic mass is 10.1. The summed E-state index contributed by atoms with van der Waals surface area (Å²) in [7, 11) is 0. The van der Waals surface area contributed by atoms with Crippen molar-refractivity contribution in [1.82, 2.24) is 4.98 Å². The van der Waals surface area contributed by atoms with E-state index in [0.29, 0.717) is 23.0 Å². The maximum absolute atomic E-state index is 11.9. The van der Waals surface area contributed by atoms with Crippen LogP contribution in [0.5, 0.6) is 0 Å². The number of hydrogen-bond donors (Lipinski definition) is 1. The van der Waals surface area contributed by atoms with Gasteiger partial charge in [0.1, 0.15) is 6.10 Å². The summed E-state index contributed by atoms with van der Waals surface area (Å²) < 4.78 is 5.31. The van der Waals surface area contributed by atoms with E-state index in [2.05, 4.69) is 10.3 Å². The van der Waals surface area contributed by atoms with Crippen molar-refractivity contribution in [1.29, 1.82) is 0 Å². The number of carbonyl (C=O) groups excluding carboxylic acids is 1. The molecule has 2 heterocycles. The van der Waals surface area contributed by atoms with Crippen LogP contribution < -0.4 is 5.32 Å². The zero-order valence-corrected chi connectivity index (χ0v) is 12.3. The Hall–Kier alpha value is -2.32. The van der Waals surface area contributed by atoms with Gasteiger partial charge in [0.2, 0.25) is 0 Å². The van der Waals surface area contributed by atoms with Crippen molar-refractivity contribution in [2.75, 3.05) is 11.9 Å². The topological polar surface area (TPSA) is 94.4 Å². The minimum atomic E-state index is -0.448. The molecule has 1 saturated heterocycles. The monoisotopic (exact) mass is 319 g/mol. The Morgan fingerprint density at radius 2 is 2.36 bits per heavy atom. The van der Waals surface area contributed by atoms with Gasteiger partial charge in [-0.15, -0.1) is 11.3 Å². The summed E-state index contributed by atoms with van der Waals surface area (Å²) in [6, 6.07) is 6.24. The Bertz CT molecular complexity index is 710. The van der Waals surface area contributed by atoms with Crippen molar-refractivity contribution in [3.8, 4) is 11.3 Å². The highest BCUT2D eigenvalue weighted by Crippen LogP contribution is 2.27. The van der Waals surface area contributed by atoms with E-state index in [1.54, 1.807) is 17.5 Å². The molecule has 1 atom stereocenters. The van der Waals surface area contributed by atoms with Crippen LogP contribution in [0.3, 0.4) is 0 Å². The molecule has 1 aliphatic rings. The largest absolute Gasteiger partial charge is 0.368 e. The van der Waals surface area contributed by atoms with Crippen LogP contribution in [0.4, 0.5) is 10.8 Å². The van der Waals surface area contributed by atoms with Crippen LogP contribution in [0.25, 0.3) is 11.3 Å². The average Bonchev–Trinajstić information content (AvgIpc) is 3.19. The Kier molecular flexibility index (Phi) is 4.12.